The molecule has 0 saturated carbocycles. The molecule has 44 heavy (non-hydrogen) atoms. The molecule has 12 heteroatoms. The number of carboxylic acids is 2. The van der Waals surface area contributed by atoms with Crippen LogP contribution in [0.5, 0.6) is 0 Å². The summed E-state index contributed by atoms with van der Waals surface area (Å²) in [6, 6.07) is 20.6. The summed E-state index contributed by atoms with van der Waals surface area (Å²) in [7, 11) is 0. The second-order valence-corrected chi connectivity index (χ2v) is 9.94. The second kappa shape index (κ2) is 12.6. The standard InChI is InChI=1S/C29H22N4O4.C3H4F2O2/c1-17-11-22(18(2)32-24-6-4-3-5-21(24)29(35)36)28-23(12-17)26(34)13-27(37-28)25-15-33(16-31-25)20-9-7-19(14-30)8-10-20;1-3(4,5)2(6)7/h3-13,15-16,18,32H,1-2H3,(H,35,36);1H3,(H,6,7). The molecule has 5 rings (SSSR count). The van der Waals surface area contributed by atoms with Crippen LogP contribution in [0.4, 0.5) is 14.5 Å². The zero-order chi connectivity index (χ0) is 32.2. The molecule has 0 saturated heterocycles. The lowest BCUT2D eigenvalue weighted by Crippen LogP contribution is -2.22. The van der Waals surface area contributed by atoms with Gasteiger partial charge in [0.05, 0.1) is 28.6 Å². The van der Waals surface area contributed by atoms with Crippen LogP contribution in [0.3, 0.4) is 0 Å². The summed E-state index contributed by atoms with van der Waals surface area (Å²) in [5, 5.41) is 29.8. The number of halogens is 2. The van der Waals surface area contributed by atoms with E-state index in [0.29, 0.717) is 40.6 Å². The highest BCUT2D eigenvalue weighted by Gasteiger charge is 2.31. The van der Waals surface area contributed by atoms with Crippen LogP contribution >= 0.6 is 0 Å². The highest BCUT2D eigenvalue weighted by molar-refractivity contribution is 5.94. The summed E-state index contributed by atoms with van der Waals surface area (Å²) in [6.45, 7) is 4.11. The summed E-state index contributed by atoms with van der Waals surface area (Å²) in [6.07, 6.45) is 3.37. The van der Waals surface area contributed by atoms with Gasteiger partial charge in [-0.1, -0.05) is 18.2 Å². The lowest BCUT2D eigenvalue weighted by Gasteiger charge is -2.19. The molecule has 2 heterocycles. The van der Waals surface area contributed by atoms with Crippen LogP contribution in [0.2, 0.25) is 0 Å². The fraction of sp³-hybridized carbons (Fsp3) is 0.156. The maximum Gasteiger partial charge on any atom is 0.374 e. The Bertz CT molecular complexity index is 1950. The van der Waals surface area contributed by atoms with Crippen LogP contribution < -0.4 is 10.7 Å². The highest BCUT2D eigenvalue weighted by atomic mass is 19.3. The molecule has 0 aliphatic rings. The number of anilines is 1. The number of aryl methyl sites for hydroxylation is 1. The molecule has 224 valence electrons. The van der Waals surface area contributed by atoms with Crippen molar-refractivity contribution in [3.05, 3.63) is 112 Å². The number of fused-ring (bicyclic) bond motifs is 1. The molecule has 3 N–H and O–H groups in total. The van der Waals surface area contributed by atoms with Gasteiger partial charge in [-0.15, -0.1) is 0 Å². The van der Waals surface area contributed by atoms with E-state index in [9.17, 15) is 28.3 Å². The molecule has 0 spiro atoms. The van der Waals surface area contributed by atoms with E-state index >= 15 is 0 Å². The second-order valence-electron chi connectivity index (χ2n) is 9.94. The van der Waals surface area contributed by atoms with Gasteiger partial charge in [0.25, 0.3) is 0 Å². The summed E-state index contributed by atoms with van der Waals surface area (Å²) in [5.41, 5.74) is 4.29. The smallest absolute Gasteiger partial charge is 0.374 e. The van der Waals surface area contributed by atoms with E-state index < -0.39 is 17.9 Å². The number of aromatic nitrogens is 2. The number of para-hydroxylation sites is 1. The molecule has 3 aromatic carbocycles. The van der Waals surface area contributed by atoms with Crippen LogP contribution in [0.1, 0.15) is 46.9 Å². The number of hydrogen-bond donors (Lipinski definition) is 3. The van der Waals surface area contributed by atoms with Crippen molar-refractivity contribution in [2.75, 3.05) is 5.32 Å². The highest BCUT2D eigenvalue weighted by Crippen LogP contribution is 2.31. The van der Waals surface area contributed by atoms with Gasteiger partial charge in [-0.3, -0.25) is 4.79 Å². The van der Waals surface area contributed by atoms with Crippen molar-refractivity contribution in [2.24, 2.45) is 0 Å². The number of nitrogens with zero attached hydrogens (tertiary/aromatic N) is 3. The first-order valence-electron chi connectivity index (χ1n) is 13.1. The Morgan fingerprint density at radius 3 is 2.36 bits per heavy atom. The SMILES string of the molecule is CC(F)(F)C(=O)O.Cc1cc(C(C)Nc2ccccc2C(=O)O)c2oc(-c3cn(-c4ccc(C#N)cc4)cn3)cc(=O)c2c1. The number of hydrogen-bond acceptors (Lipinski definition) is 7. The molecule has 0 amide bonds. The van der Waals surface area contributed by atoms with Gasteiger partial charge in [0.2, 0.25) is 0 Å². The first kappa shape index (κ1) is 31.1. The Balaban J connectivity index is 0.000000566. The van der Waals surface area contributed by atoms with E-state index in [1.54, 1.807) is 53.5 Å². The number of nitrogens with one attached hydrogen (secondary N) is 1. The summed E-state index contributed by atoms with van der Waals surface area (Å²) < 4.78 is 30.5. The van der Waals surface area contributed by atoms with E-state index in [1.165, 1.54) is 12.1 Å². The molecule has 0 aliphatic carbocycles. The first-order chi connectivity index (χ1) is 20.8. The lowest BCUT2D eigenvalue weighted by atomic mass is 10.0. The normalized spacial score (nSPS) is 11.6. The summed E-state index contributed by atoms with van der Waals surface area (Å²) >= 11 is 0. The van der Waals surface area contributed by atoms with Crippen molar-refractivity contribution < 1.29 is 33.0 Å². The Morgan fingerprint density at radius 2 is 1.75 bits per heavy atom. The van der Waals surface area contributed by atoms with Crippen molar-refractivity contribution >= 4 is 28.6 Å². The van der Waals surface area contributed by atoms with Crippen LogP contribution in [-0.4, -0.2) is 37.6 Å². The number of alkyl halides is 2. The number of aromatic carboxylic acids is 1. The van der Waals surface area contributed by atoms with Gasteiger partial charge in [-0.05, 0) is 61.9 Å². The maximum atomic E-state index is 13.1. The van der Waals surface area contributed by atoms with Crippen LogP contribution in [0.25, 0.3) is 28.1 Å². The zero-order valence-electron chi connectivity index (χ0n) is 23.7. The topological polar surface area (TPSA) is 158 Å². The molecular formula is C32H26F2N4O6. The average Bonchev–Trinajstić information content (AvgIpc) is 3.47. The molecular weight excluding hydrogens is 574 g/mol. The monoisotopic (exact) mass is 600 g/mol. The van der Waals surface area contributed by atoms with Gasteiger partial charge in [-0.2, -0.15) is 14.0 Å². The third-order valence-electron chi connectivity index (χ3n) is 6.50. The van der Waals surface area contributed by atoms with Gasteiger partial charge < -0.3 is 24.5 Å². The fourth-order valence-corrected chi connectivity index (χ4v) is 4.29. The van der Waals surface area contributed by atoms with Crippen molar-refractivity contribution in [1.82, 2.24) is 9.55 Å². The Morgan fingerprint density at radius 1 is 1.09 bits per heavy atom. The minimum absolute atomic E-state index is 0.154. The molecule has 10 nitrogen and oxygen atoms in total. The Kier molecular flexibility index (Phi) is 8.90. The van der Waals surface area contributed by atoms with Crippen molar-refractivity contribution in [2.45, 2.75) is 32.7 Å². The fourth-order valence-electron chi connectivity index (χ4n) is 4.29. The van der Waals surface area contributed by atoms with Gasteiger partial charge in [0.15, 0.2) is 11.2 Å². The van der Waals surface area contributed by atoms with E-state index in [2.05, 4.69) is 16.4 Å². The predicted octanol–water partition coefficient (Wildman–Crippen LogP) is 6.42. The minimum atomic E-state index is -3.58. The van der Waals surface area contributed by atoms with Gasteiger partial charge in [0, 0.05) is 36.1 Å². The van der Waals surface area contributed by atoms with Crippen molar-refractivity contribution in [3.8, 4) is 23.2 Å². The van der Waals surface area contributed by atoms with Gasteiger partial charge in [-0.25, -0.2) is 14.6 Å². The van der Waals surface area contributed by atoms with E-state index in [1.807, 2.05) is 32.0 Å². The van der Waals surface area contributed by atoms with E-state index in [-0.39, 0.29) is 17.0 Å². The average molecular weight is 601 g/mol. The molecule has 1 unspecified atom stereocenters. The summed E-state index contributed by atoms with van der Waals surface area (Å²) in [4.78, 5) is 38.5. The van der Waals surface area contributed by atoms with Gasteiger partial charge in [0.1, 0.15) is 17.6 Å². The number of carboxylic acid groups (broad SMARTS) is 2. The molecule has 0 radical (unpaired) electrons. The first-order valence-corrected chi connectivity index (χ1v) is 13.1. The molecule has 0 aliphatic heterocycles. The predicted molar refractivity (Wildman–Crippen MR) is 158 cm³/mol. The van der Waals surface area contributed by atoms with E-state index in [0.717, 1.165) is 16.8 Å². The molecule has 1 atom stereocenters. The number of rotatable bonds is 7. The third kappa shape index (κ3) is 6.96. The number of benzene rings is 3. The van der Waals surface area contributed by atoms with Crippen molar-refractivity contribution in [3.63, 3.8) is 0 Å². The molecule has 0 bridgehead atoms. The molecule has 5 aromatic rings. The van der Waals surface area contributed by atoms with Crippen molar-refractivity contribution in [1.29, 1.82) is 5.26 Å². The van der Waals surface area contributed by atoms with Crippen LogP contribution in [0, 0.1) is 18.3 Å². The van der Waals surface area contributed by atoms with Gasteiger partial charge >= 0.3 is 17.9 Å². The van der Waals surface area contributed by atoms with Crippen LogP contribution in [0.15, 0.2) is 88.5 Å². The number of imidazole rings is 1. The largest absolute Gasteiger partial charge is 0.478 e. The molecule has 0 fully saturated rings. The lowest BCUT2D eigenvalue weighted by molar-refractivity contribution is -0.161. The number of nitriles is 1. The van der Waals surface area contributed by atoms with E-state index in [4.69, 9.17) is 14.8 Å². The third-order valence-corrected chi connectivity index (χ3v) is 6.50. The zero-order valence-corrected chi connectivity index (χ0v) is 23.7. The Labute approximate surface area is 249 Å². The molecule has 2 aromatic heterocycles. The minimum Gasteiger partial charge on any atom is -0.478 e. The Hall–Kier alpha value is -5.83. The number of carbonyl (C=O) groups is 2. The quantitative estimate of drug-likeness (QED) is 0.192. The summed E-state index contributed by atoms with van der Waals surface area (Å²) in [5.74, 6) is -6.39. The number of aliphatic carboxylic acids is 1. The van der Waals surface area contributed by atoms with Crippen LogP contribution in [-0.2, 0) is 4.79 Å². The maximum absolute atomic E-state index is 13.1.